The van der Waals surface area contributed by atoms with Crippen LogP contribution in [0.2, 0.25) is 0 Å². The van der Waals surface area contributed by atoms with Crippen molar-refractivity contribution in [3.8, 4) is 11.1 Å². The van der Waals surface area contributed by atoms with E-state index < -0.39 is 0 Å². The third-order valence-corrected chi connectivity index (χ3v) is 5.00. The predicted octanol–water partition coefficient (Wildman–Crippen LogP) is 3.77. The SMILES string of the molecule is Cc1ccc2c(c1)C(COCCOCCOCCO)c1cc(C)cc(C)c1-2. The highest BCUT2D eigenvalue weighted by Crippen LogP contribution is 2.47. The molecule has 1 aliphatic carbocycles. The molecular formula is C23H30O4. The summed E-state index contributed by atoms with van der Waals surface area (Å²) in [5.41, 5.74) is 9.40. The number of aryl methyl sites for hydroxylation is 3. The third kappa shape index (κ3) is 4.77. The normalized spacial score (nSPS) is 15.0. The highest BCUT2D eigenvalue weighted by molar-refractivity contribution is 5.82. The molecule has 2 aromatic rings. The fourth-order valence-corrected chi connectivity index (χ4v) is 3.89. The first-order chi connectivity index (χ1) is 13.1. The molecule has 0 saturated carbocycles. The highest BCUT2D eigenvalue weighted by Gasteiger charge is 2.30. The first-order valence-corrected chi connectivity index (χ1v) is 9.68. The van der Waals surface area contributed by atoms with Crippen molar-refractivity contribution in [3.05, 3.63) is 58.1 Å². The summed E-state index contributed by atoms with van der Waals surface area (Å²) >= 11 is 0. The Balaban J connectivity index is 1.60. The summed E-state index contributed by atoms with van der Waals surface area (Å²) in [5, 5.41) is 8.65. The molecule has 0 radical (unpaired) electrons. The molecule has 0 aliphatic heterocycles. The molecule has 1 atom stereocenters. The topological polar surface area (TPSA) is 47.9 Å². The highest BCUT2D eigenvalue weighted by atomic mass is 16.5. The maximum absolute atomic E-state index is 8.65. The van der Waals surface area contributed by atoms with Gasteiger partial charge >= 0.3 is 0 Å². The van der Waals surface area contributed by atoms with Crippen LogP contribution in [0.25, 0.3) is 11.1 Å². The smallest absolute Gasteiger partial charge is 0.0701 e. The Morgan fingerprint density at radius 1 is 0.778 bits per heavy atom. The Labute approximate surface area is 162 Å². The Morgan fingerprint density at radius 2 is 1.44 bits per heavy atom. The first-order valence-electron chi connectivity index (χ1n) is 9.68. The van der Waals surface area contributed by atoms with Crippen molar-refractivity contribution < 1.29 is 19.3 Å². The summed E-state index contributed by atoms with van der Waals surface area (Å²) in [6.45, 7) is 9.72. The van der Waals surface area contributed by atoms with Crippen LogP contribution in [0.4, 0.5) is 0 Å². The number of benzene rings is 2. The van der Waals surface area contributed by atoms with Gasteiger partial charge in [0.2, 0.25) is 0 Å². The van der Waals surface area contributed by atoms with E-state index in [4.69, 9.17) is 19.3 Å². The lowest BCUT2D eigenvalue weighted by molar-refractivity contribution is 0.00680. The second kappa shape index (κ2) is 9.47. The van der Waals surface area contributed by atoms with Crippen LogP contribution in [-0.2, 0) is 14.2 Å². The Bertz CT molecular complexity index is 769. The zero-order chi connectivity index (χ0) is 19.2. The average molecular weight is 370 g/mol. The zero-order valence-corrected chi connectivity index (χ0v) is 16.6. The van der Waals surface area contributed by atoms with Gasteiger partial charge in [0.05, 0.1) is 46.2 Å². The fourth-order valence-electron chi connectivity index (χ4n) is 3.89. The monoisotopic (exact) mass is 370 g/mol. The molecule has 27 heavy (non-hydrogen) atoms. The van der Waals surface area contributed by atoms with Gasteiger partial charge in [0, 0.05) is 5.92 Å². The molecule has 0 fully saturated rings. The lowest BCUT2D eigenvalue weighted by atomic mass is 9.94. The van der Waals surface area contributed by atoms with E-state index in [-0.39, 0.29) is 12.5 Å². The summed E-state index contributed by atoms with van der Waals surface area (Å²) in [6.07, 6.45) is 0. The van der Waals surface area contributed by atoms with Gasteiger partial charge in [-0.1, -0.05) is 41.5 Å². The predicted molar refractivity (Wildman–Crippen MR) is 107 cm³/mol. The fraction of sp³-hybridized carbons (Fsp3) is 0.478. The minimum Gasteiger partial charge on any atom is -0.394 e. The Hall–Kier alpha value is -1.72. The van der Waals surface area contributed by atoms with Crippen molar-refractivity contribution in [1.29, 1.82) is 0 Å². The second-order valence-electron chi connectivity index (χ2n) is 7.21. The summed E-state index contributed by atoms with van der Waals surface area (Å²) in [5.74, 6) is 0.279. The van der Waals surface area contributed by atoms with Crippen LogP contribution in [0.1, 0.15) is 33.7 Å². The van der Waals surface area contributed by atoms with Crippen LogP contribution in [0.15, 0.2) is 30.3 Å². The molecule has 1 aliphatic rings. The lowest BCUT2D eigenvalue weighted by Crippen LogP contribution is -2.13. The van der Waals surface area contributed by atoms with E-state index in [1.165, 1.54) is 38.9 Å². The molecule has 4 nitrogen and oxygen atoms in total. The molecule has 1 N–H and O–H groups in total. The third-order valence-electron chi connectivity index (χ3n) is 5.00. The molecule has 3 rings (SSSR count). The number of hydrogen-bond donors (Lipinski definition) is 1. The van der Waals surface area contributed by atoms with Gasteiger partial charge in [-0.2, -0.15) is 0 Å². The average Bonchev–Trinajstić information content (AvgIpc) is 2.93. The molecule has 0 heterocycles. The summed E-state index contributed by atoms with van der Waals surface area (Å²) in [6, 6.07) is 11.3. The van der Waals surface area contributed by atoms with E-state index in [1.807, 2.05) is 0 Å². The molecule has 1 unspecified atom stereocenters. The molecule has 0 saturated heterocycles. The number of ether oxygens (including phenoxy) is 3. The van der Waals surface area contributed by atoms with E-state index in [1.54, 1.807) is 0 Å². The number of rotatable bonds is 10. The maximum Gasteiger partial charge on any atom is 0.0701 e. The maximum atomic E-state index is 8.65. The largest absolute Gasteiger partial charge is 0.394 e. The minimum atomic E-state index is 0.0475. The van der Waals surface area contributed by atoms with Crippen molar-refractivity contribution in [2.75, 3.05) is 46.2 Å². The van der Waals surface area contributed by atoms with Crippen molar-refractivity contribution >= 4 is 0 Å². The van der Waals surface area contributed by atoms with Gasteiger partial charge in [0.25, 0.3) is 0 Å². The number of hydrogen-bond acceptors (Lipinski definition) is 4. The number of aliphatic hydroxyl groups is 1. The van der Waals surface area contributed by atoms with Gasteiger partial charge in [0.15, 0.2) is 0 Å². The van der Waals surface area contributed by atoms with Crippen molar-refractivity contribution in [1.82, 2.24) is 0 Å². The molecule has 0 aromatic heterocycles. The second-order valence-corrected chi connectivity index (χ2v) is 7.21. The molecule has 146 valence electrons. The Morgan fingerprint density at radius 3 is 2.19 bits per heavy atom. The zero-order valence-electron chi connectivity index (χ0n) is 16.6. The van der Waals surface area contributed by atoms with Crippen LogP contribution < -0.4 is 0 Å². The Kier molecular flexibility index (Phi) is 7.02. The quantitative estimate of drug-likeness (QED) is 0.647. The summed E-state index contributed by atoms with van der Waals surface area (Å²) < 4.78 is 16.6. The van der Waals surface area contributed by atoms with Crippen LogP contribution >= 0.6 is 0 Å². The van der Waals surface area contributed by atoms with Crippen LogP contribution in [0.5, 0.6) is 0 Å². The molecule has 0 amide bonds. The van der Waals surface area contributed by atoms with E-state index >= 15 is 0 Å². The van der Waals surface area contributed by atoms with Gasteiger partial charge in [-0.25, -0.2) is 0 Å². The summed E-state index contributed by atoms with van der Waals surface area (Å²) in [4.78, 5) is 0. The van der Waals surface area contributed by atoms with Crippen LogP contribution in [-0.4, -0.2) is 51.4 Å². The van der Waals surface area contributed by atoms with Gasteiger partial charge in [-0.3, -0.25) is 0 Å². The number of aliphatic hydroxyl groups excluding tert-OH is 1. The van der Waals surface area contributed by atoms with Crippen molar-refractivity contribution in [2.24, 2.45) is 0 Å². The van der Waals surface area contributed by atoms with Crippen molar-refractivity contribution in [3.63, 3.8) is 0 Å². The molecule has 0 bridgehead atoms. The van der Waals surface area contributed by atoms with E-state index in [2.05, 4.69) is 51.1 Å². The van der Waals surface area contributed by atoms with E-state index in [0.717, 1.165) is 0 Å². The first kappa shape index (κ1) is 20.0. The molecule has 0 spiro atoms. The molecular weight excluding hydrogens is 340 g/mol. The standard InChI is InChI=1S/C23H30O4/c1-16-4-5-19-20(13-16)22(21-14-17(2)12-18(3)23(19)21)15-27-11-10-26-9-8-25-7-6-24/h4-5,12-14,22,24H,6-11,15H2,1-3H3. The van der Waals surface area contributed by atoms with Gasteiger partial charge in [-0.15, -0.1) is 0 Å². The van der Waals surface area contributed by atoms with E-state index in [0.29, 0.717) is 39.6 Å². The molecule has 4 heteroatoms. The number of fused-ring (bicyclic) bond motifs is 3. The molecule has 2 aromatic carbocycles. The van der Waals surface area contributed by atoms with Crippen molar-refractivity contribution in [2.45, 2.75) is 26.7 Å². The minimum absolute atomic E-state index is 0.0475. The van der Waals surface area contributed by atoms with Crippen LogP contribution in [0.3, 0.4) is 0 Å². The van der Waals surface area contributed by atoms with E-state index in [9.17, 15) is 0 Å². The lowest BCUT2D eigenvalue weighted by Gasteiger charge is -2.15. The van der Waals surface area contributed by atoms with Gasteiger partial charge < -0.3 is 19.3 Å². The van der Waals surface area contributed by atoms with Gasteiger partial charge in [-0.05, 0) is 48.6 Å². The summed E-state index contributed by atoms with van der Waals surface area (Å²) in [7, 11) is 0. The van der Waals surface area contributed by atoms with Crippen LogP contribution in [0, 0.1) is 20.8 Å². The van der Waals surface area contributed by atoms with Gasteiger partial charge in [0.1, 0.15) is 0 Å².